The van der Waals surface area contributed by atoms with E-state index in [4.69, 9.17) is 4.74 Å². The minimum Gasteiger partial charge on any atom is -0.467 e. The van der Waals surface area contributed by atoms with Crippen LogP contribution in [0.2, 0.25) is 0 Å². The molecule has 0 aromatic heterocycles. The van der Waals surface area contributed by atoms with Gasteiger partial charge in [-0.3, -0.25) is 4.79 Å². The van der Waals surface area contributed by atoms with Gasteiger partial charge in [0, 0.05) is 5.56 Å². The minimum absolute atomic E-state index is 0.281. The second-order valence-electron chi connectivity index (χ2n) is 4.94. The Balaban J connectivity index is 2.25. The maximum absolute atomic E-state index is 12.5. The molecule has 114 valence electrons. The molecule has 4 nitrogen and oxygen atoms in total. The fourth-order valence-corrected chi connectivity index (χ4v) is 2.34. The van der Waals surface area contributed by atoms with Crippen LogP contribution in [-0.4, -0.2) is 25.0 Å². The van der Waals surface area contributed by atoms with Crippen molar-refractivity contribution in [2.75, 3.05) is 7.11 Å². The summed E-state index contributed by atoms with van der Waals surface area (Å²) in [6, 6.07) is 12.5. The Labute approximate surface area is 129 Å². The summed E-state index contributed by atoms with van der Waals surface area (Å²) in [7, 11) is 1.31. The van der Waals surface area contributed by atoms with E-state index < -0.39 is 12.0 Å². The lowest BCUT2D eigenvalue weighted by Crippen LogP contribution is -2.41. The van der Waals surface area contributed by atoms with Gasteiger partial charge in [0.2, 0.25) is 0 Å². The van der Waals surface area contributed by atoms with E-state index in [-0.39, 0.29) is 5.91 Å². The molecule has 1 N–H and O–H groups in total. The summed E-state index contributed by atoms with van der Waals surface area (Å²) in [4.78, 5) is 24.3. The van der Waals surface area contributed by atoms with Gasteiger partial charge in [0.05, 0.1) is 7.11 Å². The first-order valence-electron chi connectivity index (χ1n) is 7.14. The van der Waals surface area contributed by atoms with Gasteiger partial charge in [-0.2, -0.15) is 0 Å². The molecule has 0 saturated carbocycles. The second-order valence-corrected chi connectivity index (χ2v) is 4.94. The van der Waals surface area contributed by atoms with Gasteiger partial charge in [0.1, 0.15) is 6.04 Å². The van der Waals surface area contributed by atoms with Crippen molar-refractivity contribution in [2.24, 2.45) is 0 Å². The van der Waals surface area contributed by atoms with Crippen LogP contribution in [-0.2, 0) is 9.53 Å². The first kappa shape index (κ1) is 15.8. The molecule has 0 saturated heterocycles. The molecular weight excluding hydrogens is 278 g/mol. The first-order chi connectivity index (χ1) is 10.7. The summed E-state index contributed by atoms with van der Waals surface area (Å²) in [5, 5.41) is 4.59. The van der Waals surface area contributed by atoms with Crippen LogP contribution >= 0.6 is 0 Å². The molecule has 0 aliphatic heterocycles. The molecule has 0 aliphatic carbocycles. The SMILES string of the molecule is C=CCC[C@H](NC(=O)c1cccc2ccccc12)C(=O)OC. The van der Waals surface area contributed by atoms with Crippen molar-refractivity contribution >= 4 is 22.6 Å². The predicted molar refractivity (Wildman–Crippen MR) is 86.6 cm³/mol. The third kappa shape index (κ3) is 3.52. The minimum atomic E-state index is -0.672. The number of allylic oxidation sites excluding steroid dienone is 1. The highest BCUT2D eigenvalue weighted by Gasteiger charge is 2.22. The third-order valence-electron chi connectivity index (χ3n) is 3.48. The van der Waals surface area contributed by atoms with Crippen LogP contribution in [0, 0.1) is 0 Å². The van der Waals surface area contributed by atoms with E-state index in [1.54, 1.807) is 12.1 Å². The lowest BCUT2D eigenvalue weighted by molar-refractivity contribution is -0.143. The van der Waals surface area contributed by atoms with E-state index in [2.05, 4.69) is 11.9 Å². The number of nitrogens with one attached hydrogen (secondary N) is 1. The number of carbonyl (C=O) groups excluding carboxylic acids is 2. The molecule has 0 spiro atoms. The summed E-state index contributed by atoms with van der Waals surface area (Å²) in [5.41, 5.74) is 0.547. The molecule has 0 unspecified atom stereocenters. The average molecular weight is 297 g/mol. The molecule has 22 heavy (non-hydrogen) atoms. The molecule has 1 atom stereocenters. The molecule has 0 radical (unpaired) electrons. The molecule has 4 heteroatoms. The van der Waals surface area contributed by atoms with Gasteiger partial charge in [0.25, 0.3) is 5.91 Å². The zero-order valence-electron chi connectivity index (χ0n) is 12.5. The molecule has 1 amide bonds. The summed E-state index contributed by atoms with van der Waals surface area (Å²) in [5.74, 6) is -0.730. The summed E-state index contributed by atoms with van der Waals surface area (Å²) in [6.45, 7) is 3.63. The monoisotopic (exact) mass is 297 g/mol. The van der Waals surface area contributed by atoms with Gasteiger partial charge in [-0.25, -0.2) is 4.79 Å². The first-order valence-corrected chi connectivity index (χ1v) is 7.14. The molecule has 2 aromatic carbocycles. The van der Waals surface area contributed by atoms with Crippen molar-refractivity contribution in [3.05, 3.63) is 60.7 Å². The number of ether oxygens (including phenoxy) is 1. The fraction of sp³-hybridized carbons (Fsp3) is 0.222. The third-order valence-corrected chi connectivity index (χ3v) is 3.48. The quantitative estimate of drug-likeness (QED) is 0.658. The molecule has 0 fully saturated rings. The maximum Gasteiger partial charge on any atom is 0.328 e. The number of carbonyl (C=O) groups is 2. The van der Waals surface area contributed by atoms with E-state index in [0.717, 1.165) is 10.8 Å². The zero-order chi connectivity index (χ0) is 15.9. The number of rotatable bonds is 6. The van der Waals surface area contributed by atoms with Crippen molar-refractivity contribution in [3.63, 3.8) is 0 Å². The van der Waals surface area contributed by atoms with Crippen LogP contribution in [0.4, 0.5) is 0 Å². The number of benzene rings is 2. The standard InChI is InChI=1S/C18H19NO3/c1-3-4-12-16(18(21)22-2)19-17(20)15-11-7-9-13-8-5-6-10-14(13)15/h3,5-11,16H,1,4,12H2,2H3,(H,19,20)/t16-/m0/s1. The van der Waals surface area contributed by atoms with Crippen LogP contribution in [0.5, 0.6) is 0 Å². The number of esters is 1. The van der Waals surface area contributed by atoms with E-state index in [1.165, 1.54) is 7.11 Å². The Bertz CT molecular complexity index is 688. The highest BCUT2D eigenvalue weighted by atomic mass is 16.5. The zero-order valence-corrected chi connectivity index (χ0v) is 12.5. The average Bonchev–Trinajstić information content (AvgIpc) is 2.57. The van der Waals surface area contributed by atoms with Crippen molar-refractivity contribution < 1.29 is 14.3 Å². The predicted octanol–water partition coefficient (Wildman–Crippen LogP) is 3.08. The fourth-order valence-electron chi connectivity index (χ4n) is 2.34. The van der Waals surface area contributed by atoms with Crippen LogP contribution in [0.1, 0.15) is 23.2 Å². The Morgan fingerprint density at radius 1 is 1.23 bits per heavy atom. The van der Waals surface area contributed by atoms with Crippen LogP contribution < -0.4 is 5.32 Å². The Morgan fingerprint density at radius 3 is 2.68 bits per heavy atom. The highest BCUT2D eigenvalue weighted by Crippen LogP contribution is 2.18. The summed E-state index contributed by atoms with van der Waals surface area (Å²) >= 11 is 0. The Kier molecular flexibility index (Phi) is 5.31. The normalized spacial score (nSPS) is 11.7. The van der Waals surface area contributed by atoms with Crippen molar-refractivity contribution in [3.8, 4) is 0 Å². The molecule has 2 rings (SSSR count). The molecular formula is C18H19NO3. The van der Waals surface area contributed by atoms with E-state index in [0.29, 0.717) is 18.4 Å². The summed E-state index contributed by atoms with van der Waals surface area (Å²) in [6.07, 6.45) is 2.79. The lowest BCUT2D eigenvalue weighted by Gasteiger charge is -2.16. The smallest absolute Gasteiger partial charge is 0.328 e. The topological polar surface area (TPSA) is 55.4 Å². The van der Waals surface area contributed by atoms with Crippen LogP contribution in [0.25, 0.3) is 10.8 Å². The molecule has 0 aliphatic rings. The molecule has 0 bridgehead atoms. The number of hydrogen-bond acceptors (Lipinski definition) is 3. The number of hydrogen-bond donors (Lipinski definition) is 1. The number of methoxy groups -OCH3 is 1. The number of fused-ring (bicyclic) bond motifs is 1. The van der Waals surface area contributed by atoms with Gasteiger partial charge >= 0.3 is 5.97 Å². The van der Waals surface area contributed by atoms with Gasteiger partial charge < -0.3 is 10.1 Å². The van der Waals surface area contributed by atoms with Crippen LogP contribution in [0.15, 0.2) is 55.1 Å². The maximum atomic E-state index is 12.5. The van der Waals surface area contributed by atoms with Gasteiger partial charge in [0.15, 0.2) is 0 Å². The van der Waals surface area contributed by atoms with E-state index >= 15 is 0 Å². The van der Waals surface area contributed by atoms with Crippen molar-refractivity contribution in [1.29, 1.82) is 0 Å². The number of amides is 1. The molecule has 0 heterocycles. The second kappa shape index (κ2) is 7.41. The summed E-state index contributed by atoms with van der Waals surface area (Å²) < 4.78 is 4.75. The van der Waals surface area contributed by atoms with Crippen molar-refractivity contribution in [1.82, 2.24) is 5.32 Å². The van der Waals surface area contributed by atoms with Gasteiger partial charge in [-0.15, -0.1) is 6.58 Å². The molecule has 2 aromatic rings. The lowest BCUT2D eigenvalue weighted by atomic mass is 10.0. The van der Waals surface area contributed by atoms with Gasteiger partial charge in [-0.05, 0) is 29.7 Å². The van der Waals surface area contributed by atoms with E-state index in [1.807, 2.05) is 36.4 Å². The van der Waals surface area contributed by atoms with Gasteiger partial charge in [-0.1, -0.05) is 42.5 Å². The van der Waals surface area contributed by atoms with Crippen molar-refractivity contribution in [2.45, 2.75) is 18.9 Å². The van der Waals surface area contributed by atoms with E-state index in [9.17, 15) is 9.59 Å². The van der Waals surface area contributed by atoms with Crippen LogP contribution in [0.3, 0.4) is 0 Å². The Morgan fingerprint density at radius 2 is 1.95 bits per heavy atom. The highest BCUT2D eigenvalue weighted by molar-refractivity contribution is 6.07. The Hall–Kier alpha value is -2.62. The largest absolute Gasteiger partial charge is 0.467 e.